The second kappa shape index (κ2) is 6.67. The number of nitrogens with zero attached hydrogens (tertiary/aromatic N) is 2. The maximum atomic E-state index is 13.9. The molecule has 0 radical (unpaired) electrons. The van der Waals surface area contributed by atoms with Gasteiger partial charge >= 0.3 is 0 Å². The van der Waals surface area contributed by atoms with Crippen LogP contribution in [0, 0.1) is 28.8 Å². The summed E-state index contributed by atoms with van der Waals surface area (Å²) in [6.45, 7) is 1.77. The predicted molar refractivity (Wildman–Crippen MR) is 76.9 cm³/mol. The van der Waals surface area contributed by atoms with E-state index in [1.807, 2.05) is 0 Å². The number of pyridine rings is 1. The quantitative estimate of drug-likeness (QED) is 0.837. The van der Waals surface area contributed by atoms with E-state index >= 15 is 0 Å². The van der Waals surface area contributed by atoms with Gasteiger partial charge in [0.2, 0.25) is 0 Å². The summed E-state index contributed by atoms with van der Waals surface area (Å²) in [4.78, 5) is 3.77. The number of anilines is 1. The monoisotopic (exact) mass is 325 g/mol. The van der Waals surface area contributed by atoms with Crippen molar-refractivity contribution in [3.05, 3.63) is 58.0 Å². The lowest BCUT2D eigenvalue weighted by Gasteiger charge is -2.19. The fourth-order valence-electron chi connectivity index (χ4n) is 2.01. The first-order valence-electron chi connectivity index (χ1n) is 6.43. The summed E-state index contributed by atoms with van der Waals surface area (Å²) in [5.74, 6) is -2.39. The third-order valence-electron chi connectivity index (χ3n) is 3.06. The number of nitrogens with one attached hydrogen (secondary N) is 1. The Morgan fingerprint density at radius 1 is 1.23 bits per heavy atom. The number of hydrogen-bond acceptors (Lipinski definition) is 3. The zero-order valence-electron chi connectivity index (χ0n) is 11.5. The van der Waals surface area contributed by atoms with Crippen LogP contribution in [0.15, 0.2) is 24.3 Å². The minimum atomic E-state index is -0.767. The third-order valence-corrected chi connectivity index (χ3v) is 3.34. The fraction of sp³-hybridized carbons (Fsp3) is 0.200. The molecule has 0 bridgehead atoms. The molecule has 114 valence electrons. The van der Waals surface area contributed by atoms with Gasteiger partial charge in [0.15, 0.2) is 11.6 Å². The molecular formula is C15H11ClF3N3. The lowest BCUT2D eigenvalue weighted by Crippen LogP contribution is -2.13. The molecule has 7 heteroatoms. The highest BCUT2D eigenvalue weighted by atomic mass is 35.5. The van der Waals surface area contributed by atoms with Crippen LogP contribution in [-0.4, -0.2) is 4.98 Å². The number of halogens is 4. The van der Waals surface area contributed by atoms with Crippen molar-refractivity contribution >= 4 is 17.4 Å². The van der Waals surface area contributed by atoms with Crippen LogP contribution in [0.5, 0.6) is 0 Å². The molecule has 0 aliphatic rings. The van der Waals surface area contributed by atoms with E-state index < -0.39 is 23.5 Å². The molecule has 1 unspecified atom stereocenters. The molecule has 0 aliphatic heterocycles. The number of rotatable bonds is 4. The number of aromatic nitrogens is 1. The van der Waals surface area contributed by atoms with Gasteiger partial charge < -0.3 is 5.32 Å². The van der Waals surface area contributed by atoms with Crippen LogP contribution < -0.4 is 5.32 Å². The maximum absolute atomic E-state index is 13.9. The van der Waals surface area contributed by atoms with Crippen molar-refractivity contribution in [2.75, 3.05) is 5.32 Å². The molecule has 0 spiro atoms. The first-order valence-corrected chi connectivity index (χ1v) is 6.81. The van der Waals surface area contributed by atoms with Crippen LogP contribution >= 0.6 is 11.6 Å². The molecule has 0 saturated carbocycles. The average Bonchev–Trinajstić information content (AvgIpc) is 2.46. The highest BCUT2D eigenvalue weighted by Gasteiger charge is 2.16. The van der Waals surface area contributed by atoms with Crippen molar-refractivity contribution in [1.82, 2.24) is 4.98 Å². The summed E-state index contributed by atoms with van der Waals surface area (Å²) in [6.07, 6.45) is 0.432. The van der Waals surface area contributed by atoms with Gasteiger partial charge in [0.05, 0.1) is 11.6 Å². The van der Waals surface area contributed by atoms with Gasteiger partial charge in [0.1, 0.15) is 22.9 Å². The smallest absolute Gasteiger partial charge is 0.166 e. The predicted octanol–water partition coefficient (Wildman–Crippen LogP) is 4.59. The Hall–Kier alpha value is -2.26. The van der Waals surface area contributed by atoms with Crippen LogP contribution in [0.4, 0.5) is 19.0 Å². The molecule has 1 atom stereocenters. The molecule has 1 N–H and O–H groups in total. The van der Waals surface area contributed by atoms with Crippen LogP contribution in [-0.2, 0) is 0 Å². The topological polar surface area (TPSA) is 48.7 Å². The van der Waals surface area contributed by atoms with Gasteiger partial charge in [-0.05, 0) is 30.2 Å². The van der Waals surface area contributed by atoms with Crippen molar-refractivity contribution in [3.8, 4) is 6.07 Å². The van der Waals surface area contributed by atoms with Crippen molar-refractivity contribution in [2.45, 2.75) is 19.4 Å². The van der Waals surface area contributed by atoms with Crippen molar-refractivity contribution in [1.29, 1.82) is 5.26 Å². The van der Waals surface area contributed by atoms with E-state index in [0.717, 1.165) is 24.3 Å². The summed E-state index contributed by atoms with van der Waals surface area (Å²) >= 11 is 5.76. The van der Waals surface area contributed by atoms with Crippen LogP contribution in [0.3, 0.4) is 0 Å². The number of hydrogen-bond donors (Lipinski definition) is 1. The zero-order valence-corrected chi connectivity index (χ0v) is 12.3. The normalized spacial score (nSPS) is 11.8. The zero-order chi connectivity index (χ0) is 16.3. The standard InChI is InChI=1S/C15H11ClF3N3/c1-2-13(8-3-10(17)6-11(18)4-8)21-15-12(19)5-9(7-20)14(16)22-15/h3-6,13H,2H2,1H3,(H,21,22). The van der Waals surface area contributed by atoms with Gasteiger partial charge in [-0.1, -0.05) is 18.5 Å². The van der Waals surface area contributed by atoms with Crippen LogP contribution in [0.1, 0.15) is 30.5 Å². The van der Waals surface area contributed by atoms with E-state index in [4.69, 9.17) is 16.9 Å². The number of benzene rings is 1. The molecule has 22 heavy (non-hydrogen) atoms. The van der Waals surface area contributed by atoms with Crippen LogP contribution in [0.25, 0.3) is 0 Å². The molecule has 2 aromatic rings. The average molecular weight is 326 g/mol. The molecule has 1 aromatic heterocycles. The van der Waals surface area contributed by atoms with E-state index in [0.29, 0.717) is 12.0 Å². The summed E-state index contributed by atoms with van der Waals surface area (Å²) in [5.41, 5.74) is 0.233. The van der Waals surface area contributed by atoms with E-state index in [-0.39, 0.29) is 16.5 Å². The molecule has 3 nitrogen and oxygen atoms in total. The van der Waals surface area contributed by atoms with Crippen molar-refractivity contribution in [2.24, 2.45) is 0 Å². The Morgan fingerprint density at radius 3 is 2.41 bits per heavy atom. The molecule has 1 heterocycles. The summed E-state index contributed by atoms with van der Waals surface area (Å²) in [6, 6.07) is 5.19. The minimum Gasteiger partial charge on any atom is -0.361 e. The highest BCUT2D eigenvalue weighted by Crippen LogP contribution is 2.26. The second-order valence-corrected chi connectivity index (χ2v) is 4.93. The second-order valence-electron chi connectivity index (χ2n) is 4.58. The Kier molecular flexibility index (Phi) is 4.88. The van der Waals surface area contributed by atoms with Gasteiger partial charge in [-0.15, -0.1) is 0 Å². The van der Waals surface area contributed by atoms with E-state index in [2.05, 4.69) is 10.3 Å². The summed E-state index contributed by atoms with van der Waals surface area (Å²) in [5, 5.41) is 11.4. The lowest BCUT2D eigenvalue weighted by molar-refractivity contribution is 0.573. The molecular weight excluding hydrogens is 315 g/mol. The van der Waals surface area contributed by atoms with E-state index in [1.165, 1.54) is 0 Å². The molecule has 0 fully saturated rings. The first kappa shape index (κ1) is 16.1. The van der Waals surface area contributed by atoms with Gasteiger partial charge in [0.25, 0.3) is 0 Å². The largest absolute Gasteiger partial charge is 0.361 e. The molecule has 2 rings (SSSR count). The first-order chi connectivity index (χ1) is 10.4. The Balaban J connectivity index is 2.35. The number of nitriles is 1. The fourth-order valence-corrected chi connectivity index (χ4v) is 2.19. The maximum Gasteiger partial charge on any atom is 0.166 e. The van der Waals surface area contributed by atoms with Gasteiger partial charge in [-0.2, -0.15) is 5.26 Å². The van der Waals surface area contributed by atoms with Crippen molar-refractivity contribution < 1.29 is 13.2 Å². The third kappa shape index (κ3) is 3.49. The van der Waals surface area contributed by atoms with E-state index in [1.54, 1.807) is 13.0 Å². The summed E-state index contributed by atoms with van der Waals surface area (Å²) in [7, 11) is 0. The Morgan fingerprint density at radius 2 is 1.86 bits per heavy atom. The summed E-state index contributed by atoms with van der Waals surface area (Å²) < 4.78 is 40.5. The SMILES string of the molecule is CCC(Nc1nc(Cl)c(C#N)cc1F)c1cc(F)cc(F)c1. The van der Waals surface area contributed by atoms with E-state index in [9.17, 15) is 13.2 Å². The van der Waals surface area contributed by atoms with Crippen molar-refractivity contribution in [3.63, 3.8) is 0 Å². The molecule has 1 aromatic carbocycles. The lowest BCUT2D eigenvalue weighted by atomic mass is 10.0. The molecule has 0 amide bonds. The van der Waals surface area contributed by atoms with Gasteiger partial charge in [0, 0.05) is 6.07 Å². The van der Waals surface area contributed by atoms with Crippen LogP contribution in [0.2, 0.25) is 5.15 Å². The molecule has 0 aliphatic carbocycles. The Labute approximate surface area is 130 Å². The Bertz CT molecular complexity index is 723. The molecule has 0 saturated heterocycles. The minimum absolute atomic E-state index is 0.0884. The van der Waals surface area contributed by atoms with Gasteiger partial charge in [-0.25, -0.2) is 18.2 Å². The highest BCUT2D eigenvalue weighted by molar-refractivity contribution is 6.30. The van der Waals surface area contributed by atoms with Gasteiger partial charge in [-0.3, -0.25) is 0 Å².